The topological polar surface area (TPSA) is 32.3 Å². The lowest BCUT2D eigenvalue weighted by atomic mass is 9.90. The minimum Gasteiger partial charge on any atom is -0.371 e. The maximum Gasteiger partial charge on any atom is 0.251 e. The molecule has 0 aliphatic carbocycles. The van der Waals surface area contributed by atoms with Crippen LogP contribution in [0.2, 0.25) is 0 Å². The van der Waals surface area contributed by atoms with Gasteiger partial charge in [-0.05, 0) is 64.7 Å². The van der Waals surface area contributed by atoms with Crippen LogP contribution in [0, 0.1) is 0 Å². The molecule has 0 atom stereocenters. The summed E-state index contributed by atoms with van der Waals surface area (Å²) in [4.78, 5) is 15.4. The van der Waals surface area contributed by atoms with Gasteiger partial charge in [0.05, 0.1) is 0 Å². The summed E-state index contributed by atoms with van der Waals surface area (Å²) >= 11 is 0. The van der Waals surface area contributed by atoms with Crippen molar-refractivity contribution in [2.75, 3.05) is 24.5 Å². The molecule has 1 N–H and O–H groups in total. The van der Waals surface area contributed by atoms with Gasteiger partial charge in [-0.15, -0.1) is 0 Å². The van der Waals surface area contributed by atoms with Gasteiger partial charge in [-0.3, -0.25) is 4.79 Å². The second kappa shape index (κ2) is 7.55. The number of carbonyl (C=O) groups excluding carboxylic acids is 1. The normalized spacial score (nSPS) is 14.9. The Hall–Kier alpha value is -2.81. The molecule has 0 bridgehead atoms. The fourth-order valence-electron chi connectivity index (χ4n) is 4.87. The minimum atomic E-state index is 0.0349. The zero-order valence-corrected chi connectivity index (χ0v) is 17.1. The molecule has 1 saturated heterocycles. The highest BCUT2D eigenvalue weighted by Gasteiger charge is 2.19. The quantitative estimate of drug-likeness (QED) is 0.333. The molecule has 4 aromatic carbocycles. The molecule has 0 aromatic heterocycles. The number of anilines is 1. The van der Waals surface area contributed by atoms with Crippen LogP contribution < -0.4 is 10.2 Å². The van der Waals surface area contributed by atoms with Crippen LogP contribution in [0.5, 0.6) is 0 Å². The Morgan fingerprint density at radius 2 is 1.52 bits per heavy atom. The van der Waals surface area contributed by atoms with Crippen LogP contribution in [-0.4, -0.2) is 25.5 Å². The van der Waals surface area contributed by atoms with Crippen molar-refractivity contribution in [3.05, 3.63) is 54.1 Å². The van der Waals surface area contributed by atoms with Crippen LogP contribution in [-0.2, 0) is 0 Å². The molecular formula is C26H28N2O. The number of unbranched alkanes of at least 4 members (excludes halogenated alkanes) is 1. The van der Waals surface area contributed by atoms with Crippen molar-refractivity contribution in [2.24, 2.45) is 0 Å². The molecule has 1 aliphatic heterocycles. The number of benzene rings is 4. The Morgan fingerprint density at radius 1 is 0.862 bits per heavy atom. The van der Waals surface area contributed by atoms with Crippen LogP contribution >= 0.6 is 0 Å². The van der Waals surface area contributed by atoms with Crippen molar-refractivity contribution < 1.29 is 4.79 Å². The number of carbonyl (C=O) groups is 1. The summed E-state index contributed by atoms with van der Waals surface area (Å²) in [7, 11) is 0. The number of piperidine rings is 1. The van der Waals surface area contributed by atoms with E-state index in [1.165, 1.54) is 51.9 Å². The Morgan fingerprint density at radius 3 is 2.28 bits per heavy atom. The molecule has 0 unspecified atom stereocenters. The van der Waals surface area contributed by atoms with Gasteiger partial charge in [-0.1, -0.05) is 49.7 Å². The van der Waals surface area contributed by atoms with Gasteiger partial charge >= 0.3 is 0 Å². The van der Waals surface area contributed by atoms with Gasteiger partial charge in [-0.25, -0.2) is 0 Å². The number of hydrogen-bond donors (Lipinski definition) is 1. The standard InChI is InChI=1S/C26H28N2O/c1-2-3-15-27-26(29)21-12-8-18-9-13-22-23(28-16-5-4-6-17-28)14-10-19-7-11-20(21)24(18)25(19)22/h7-14H,2-6,15-17H2,1H3,(H,27,29). The van der Waals surface area contributed by atoms with Crippen molar-refractivity contribution in [1.82, 2.24) is 5.32 Å². The molecule has 4 aromatic rings. The van der Waals surface area contributed by atoms with E-state index in [4.69, 9.17) is 0 Å². The lowest BCUT2D eigenvalue weighted by Crippen LogP contribution is -2.29. The van der Waals surface area contributed by atoms with E-state index < -0.39 is 0 Å². The second-order valence-corrected chi connectivity index (χ2v) is 8.28. The lowest BCUT2D eigenvalue weighted by molar-refractivity contribution is 0.0955. The third-order valence-corrected chi connectivity index (χ3v) is 6.40. The summed E-state index contributed by atoms with van der Waals surface area (Å²) in [6.45, 7) is 5.14. The smallest absolute Gasteiger partial charge is 0.251 e. The van der Waals surface area contributed by atoms with Crippen molar-refractivity contribution in [3.63, 3.8) is 0 Å². The van der Waals surface area contributed by atoms with Crippen LogP contribution in [0.25, 0.3) is 32.3 Å². The van der Waals surface area contributed by atoms with Crippen molar-refractivity contribution in [3.8, 4) is 0 Å². The lowest BCUT2D eigenvalue weighted by Gasteiger charge is -2.30. The average molecular weight is 385 g/mol. The van der Waals surface area contributed by atoms with Gasteiger partial charge in [0.1, 0.15) is 0 Å². The van der Waals surface area contributed by atoms with E-state index in [0.717, 1.165) is 43.4 Å². The Labute approximate surface area is 172 Å². The number of hydrogen-bond acceptors (Lipinski definition) is 2. The third-order valence-electron chi connectivity index (χ3n) is 6.40. The van der Waals surface area contributed by atoms with Gasteiger partial charge in [0.2, 0.25) is 0 Å². The van der Waals surface area contributed by atoms with Crippen LogP contribution in [0.4, 0.5) is 5.69 Å². The van der Waals surface area contributed by atoms with Gasteiger partial charge in [0.25, 0.3) is 5.91 Å². The first-order chi connectivity index (χ1) is 14.3. The highest BCUT2D eigenvalue weighted by Crippen LogP contribution is 2.40. The number of nitrogens with one attached hydrogen (secondary N) is 1. The number of nitrogens with zero attached hydrogens (tertiary/aromatic N) is 1. The fourth-order valence-corrected chi connectivity index (χ4v) is 4.87. The highest BCUT2D eigenvalue weighted by molar-refractivity contribution is 6.28. The molecular weight excluding hydrogens is 356 g/mol. The average Bonchev–Trinajstić information content (AvgIpc) is 2.78. The molecule has 5 rings (SSSR count). The first-order valence-electron chi connectivity index (χ1n) is 11.0. The zero-order valence-electron chi connectivity index (χ0n) is 17.1. The first kappa shape index (κ1) is 18.2. The van der Waals surface area contributed by atoms with E-state index >= 15 is 0 Å². The molecule has 1 amide bonds. The molecule has 0 radical (unpaired) electrons. The maximum absolute atomic E-state index is 12.9. The third kappa shape index (κ3) is 3.09. The van der Waals surface area contributed by atoms with Gasteiger partial charge in [0, 0.05) is 36.3 Å². The summed E-state index contributed by atoms with van der Waals surface area (Å²) < 4.78 is 0. The molecule has 0 spiro atoms. The van der Waals surface area contributed by atoms with E-state index in [0.29, 0.717) is 0 Å². The Kier molecular flexibility index (Phi) is 4.75. The minimum absolute atomic E-state index is 0.0349. The van der Waals surface area contributed by atoms with Gasteiger partial charge in [-0.2, -0.15) is 0 Å². The van der Waals surface area contributed by atoms with E-state index in [9.17, 15) is 4.79 Å². The van der Waals surface area contributed by atoms with E-state index in [2.05, 4.69) is 59.6 Å². The molecule has 148 valence electrons. The molecule has 29 heavy (non-hydrogen) atoms. The summed E-state index contributed by atoms with van der Waals surface area (Å²) in [5.41, 5.74) is 2.12. The van der Waals surface area contributed by atoms with E-state index in [1.54, 1.807) is 0 Å². The molecule has 1 heterocycles. The fraction of sp³-hybridized carbons (Fsp3) is 0.346. The molecule has 1 aliphatic rings. The van der Waals surface area contributed by atoms with Crippen LogP contribution in [0.1, 0.15) is 49.4 Å². The molecule has 0 saturated carbocycles. The summed E-state index contributed by atoms with van der Waals surface area (Å²) in [6.07, 6.45) is 5.96. The van der Waals surface area contributed by atoms with E-state index in [-0.39, 0.29) is 5.91 Å². The summed E-state index contributed by atoms with van der Waals surface area (Å²) in [5, 5.41) is 10.4. The Bertz CT molecular complexity index is 1170. The zero-order chi connectivity index (χ0) is 19.8. The first-order valence-corrected chi connectivity index (χ1v) is 11.0. The predicted molar refractivity (Wildman–Crippen MR) is 123 cm³/mol. The van der Waals surface area contributed by atoms with Gasteiger partial charge < -0.3 is 10.2 Å². The number of rotatable bonds is 5. The monoisotopic (exact) mass is 384 g/mol. The molecule has 1 fully saturated rings. The largest absolute Gasteiger partial charge is 0.371 e. The molecule has 3 nitrogen and oxygen atoms in total. The number of amides is 1. The van der Waals surface area contributed by atoms with Gasteiger partial charge in [0.15, 0.2) is 0 Å². The highest BCUT2D eigenvalue weighted by atomic mass is 16.1. The SMILES string of the molecule is CCCCNC(=O)c1ccc2ccc3c(N4CCCCC4)ccc4ccc1c2c43. The maximum atomic E-state index is 12.9. The van der Waals surface area contributed by atoms with Crippen LogP contribution in [0.15, 0.2) is 48.5 Å². The van der Waals surface area contributed by atoms with E-state index in [1.807, 2.05) is 6.07 Å². The predicted octanol–water partition coefficient (Wildman–Crippen LogP) is 6.10. The van der Waals surface area contributed by atoms with Crippen LogP contribution in [0.3, 0.4) is 0 Å². The molecule has 3 heteroatoms. The van der Waals surface area contributed by atoms with Crippen molar-refractivity contribution >= 4 is 43.9 Å². The van der Waals surface area contributed by atoms with Crippen molar-refractivity contribution in [2.45, 2.75) is 39.0 Å². The Balaban J connectivity index is 1.69. The second-order valence-electron chi connectivity index (χ2n) is 8.28. The van der Waals surface area contributed by atoms with Crippen molar-refractivity contribution in [1.29, 1.82) is 0 Å². The summed E-state index contributed by atoms with van der Waals surface area (Å²) in [5.74, 6) is 0.0349. The summed E-state index contributed by atoms with van der Waals surface area (Å²) in [6, 6.07) is 17.4.